The number of hydrogen-bond donors (Lipinski definition) is 1. The van der Waals surface area contributed by atoms with Crippen LogP contribution in [0.3, 0.4) is 0 Å². The van der Waals surface area contributed by atoms with E-state index in [0.717, 1.165) is 57.4 Å². The minimum Gasteiger partial charge on any atom is -0.352 e. The Morgan fingerprint density at radius 2 is 1.93 bits per heavy atom. The second-order valence-electron chi connectivity index (χ2n) is 8.95. The van der Waals surface area contributed by atoms with E-state index in [1.807, 2.05) is 11.0 Å². The molecule has 1 aromatic heterocycles. The number of carbonyl (C=O) groups is 2. The number of aromatic nitrogens is 1. The Morgan fingerprint density at radius 3 is 2.61 bits per heavy atom. The summed E-state index contributed by atoms with van der Waals surface area (Å²) >= 11 is 0. The van der Waals surface area contributed by atoms with Crippen LogP contribution >= 0.6 is 0 Å². The van der Waals surface area contributed by atoms with Gasteiger partial charge in [-0.1, -0.05) is 24.4 Å². The highest BCUT2D eigenvalue weighted by atomic mass is 16.5. The molecule has 7 heteroatoms. The average molecular weight is 389 g/mol. The fourth-order valence-corrected chi connectivity index (χ4v) is 5.44. The molecule has 7 nitrogen and oxygen atoms in total. The molecule has 0 aromatic carbocycles. The lowest BCUT2D eigenvalue weighted by Crippen LogP contribution is -2.52. The molecule has 1 N–H and O–H groups in total. The van der Waals surface area contributed by atoms with Crippen LogP contribution in [-0.2, 0) is 4.79 Å². The third-order valence-electron chi connectivity index (χ3n) is 7.08. The molecule has 1 saturated carbocycles. The number of hydrogen-bond acceptors (Lipinski definition) is 5. The van der Waals surface area contributed by atoms with Crippen LogP contribution in [0.25, 0.3) is 0 Å². The molecule has 1 spiro atoms. The molecule has 3 aliphatic rings. The maximum atomic E-state index is 12.9. The van der Waals surface area contributed by atoms with Gasteiger partial charge in [-0.05, 0) is 39.2 Å². The lowest BCUT2D eigenvalue weighted by Gasteiger charge is -2.43. The maximum absolute atomic E-state index is 12.9. The van der Waals surface area contributed by atoms with Gasteiger partial charge < -0.3 is 14.7 Å². The summed E-state index contributed by atoms with van der Waals surface area (Å²) in [5.41, 5.74) is 1.03. The van der Waals surface area contributed by atoms with E-state index in [1.54, 1.807) is 6.92 Å². The molecule has 1 atom stereocenters. The fourth-order valence-electron chi connectivity index (χ4n) is 5.44. The molecular formula is C21H32N4O3. The van der Waals surface area contributed by atoms with Gasteiger partial charge in [0.25, 0.3) is 5.91 Å². The van der Waals surface area contributed by atoms with Crippen molar-refractivity contribution < 1.29 is 14.1 Å². The normalized spacial score (nSPS) is 25.9. The molecule has 2 aliphatic heterocycles. The Kier molecular flexibility index (Phi) is 5.45. The molecule has 1 aliphatic carbocycles. The number of carbonyl (C=O) groups excluding carboxylic acids is 2. The third kappa shape index (κ3) is 3.81. The lowest BCUT2D eigenvalue weighted by atomic mass is 9.84. The molecule has 1 aromatic rings. The van der Waals surface area contributed by atoms with Crippen LogP contribution in [0.5, 0.6) is 0 Å². The topological polar surface area (TPSA) is 78.7 Å². The van der Waals surface area contributed by atoms with Gasteiger partial charge in [-0.3, -0.25) is 14.5 Å². The Hall–Kier alpha value is -1.89. The number of piperidine rings is 1. The van der Waals surface area contributed by atoms with Crippen LogP contribution in [0.4, 0.5) is 0 Å². The summed E-state index contributed by atoms with van der Waals surface area (Å²) in [4.78, 5) is 28.6. The lowest BCUT2D eigenvalue weighted by molar-refractivity contribution is -0.119. The quantitative estimate of drug-likeness (QED) is 0.861. The molecule has 4 rings (SSSR count). The van der Waals surface area contributed by atoms with Crippen molar-refractivity contribution in [3.63, 3.8) is 0 Å². The number of likely N-dealkylation sites (N-methyl/N-ethyl adjacent to an activating group) is 1. The first kappa shape index (κ1) is 19.4. The number of nitrogens with one attached hydrogen (secondary N) is 1. The van der Waals surface area contributed by atoms with Crippen LogP contribution in [0.2, 0.25) is 0 Å². The fraction of sp³-hybridized carbons (Fsp3) is 0.762. The zero-order chi connectivity index (χ0) is 19.7. The van der Waals surface area contributed by atoms with Crippen molar-refractivity contribution in [3.05, 3.63) is 17.5 Å². The number of nitrogens with zero attached hydrogens (tertiary/aromatic N) is 3. The van der Waals surface area contributed by atoms with Gasteiger partial charge in [-0.25, -0.2) is 0 Å². The van der Waals surface area contributed by atoms with Gasteiger partial charge in [0, 0.05) is 50.1 Å². The molecule has 0 radical (unpaired) electrons. The monoisotopic (exact) mass is 388 g/mol. The highest BCUT2D eigenvalue weighted by molar-refractivity contribution is 5.91. The van der Waals surface area contributed by atoms with E-state index >= 15 is 0 Å². The van der Waals surface area contributed by atoms with Gasteiger partial charge in [0.15, 0.2) is 0 Å². The Labute approximate surface area is 166 Å². The van der Waals surface area contributed by atoms with Crippen molar-refractivity contribution in [1.29, 1.82) is 0 Å². The van der Waals surface area contributed by atoms with E-state index in [4.69, 9.17) is 4.52 Å². The minimum atomic E-state index is -0.0385. The Balaban J connectivity index is 1.35. The highest BCUT2D eigenvalue weighted by Gasteiger charge is 2.46. The van der Waals surface area contributed by atoms with E-state index in [1.165, 1.54) is 19.3 Å². The molecule has 3 heterocycles. The first-order valence-corrected chi connectivity index (χ1v) is 10.7. The summed E-state index contributed by atoms with van der Waals surface area (Å²) in [7, 11) is 2.13. The van der Waals surface area contributed by atoms with Gasteiger partial charge in [-0.2, -0.15) is 0 Å². The van der Waals surface area contributed by atoms with Crippen LogP contribution in [0.15, 0.2) is 10.6 Å². The summed E-state index contributed by atoms with van der Waals surface area (Å²) in [6.45, 7) is 3.89. The largest absolute Gasteiger partial charge is 0.352 e. The maximum Gasteiger partial charge on any atom is 0.292 e. The second-order valence-corrected chi connectivity index (χ2v) is 8.95. The zero-order valence-corrected chi connectivity index (χ0v) is 17.1. The van der Waals surface area contributed by atoms with Crippen LogP contribution in [0, 0.1) is 0 Å². The first-order valence-electron chi connectivity index (χ1n) is 10.7. The zero-order valence-electron chi connectivity index (χ0n) is 17.1. The summed E-state index contributed by atoms with van der Waals surface area (Å²) in [6.07, 6.45) is 8.88. The number of likely N-dealkylation sites (tertiary alicyclic amines) is 2. The van der Waals surface area contributed by atoms with Gasteiger partial charge in [0.2, 0.25) is 11.7 Å². The summed E-state index contributed by atoms with van der Waals surface area (Å²) in [5, 5.41) is 7.26. The standard InChI is InChI=1S/C21H32N4O3/c1-15(26)22-17-13-21(24(2)14-17)8-10-25(11-9-21)20(27)19-12-18(23-28-19)16-6-4-3-5-7-16/h12,16-17H,3-11,13-14H2,1-2H3,(H,22,26)/t17-/m0/s1. The van der Waals surface area contributed by atoms with Crippen LogP contribution < -0.4 is 5.32 Å². The van der Waals surface area contributed by atoms with Gasteiger partial charge in [-0.15, -0.1) is 0 Å². The molecule has 2 amide bonds. The van der Waals surface area contributed by atoms with Crippen molar-refractivity contribution in [3.8, 4) is 0 Å². The second kappa shape index (κ2) is 7.85. The predicted octanol–water partition coefficient (Wildman–Crippen LogP) is 2.54. The van der Waals surface area contributed by atoms with Gasteiger partial charge >= 0.3 is 0 Å². The minimum absolute atomic E-state index is 0.0298. The molecule has 154 valence electrons. The van der Waals surface area contributed by atoms with E-state index in [2.05, 4.69) is 22.4 Å². The Morgan fingerprint density at radius 1 is 1.21 bits per heavy atom. The summed E-state index contributed by atoms with van der Waals surface area (Å²) < 4.78 is 5.43. The van der Waals surface area contributed by atoms with Crippen molar-refractivity contribution in [2.75, 3.05) is 26.7 Å². The van der Waals surface area contributed by atoms with Crippen molar-refractivity contribution in [2.24, 2.45) is 0 Å². The smallest absolute Gasteiger partial charge is 0.292 e. The molecule has 3 fully saturated rings. The van der Waals surface area contributed by atoms with Crippen molar-refractivity contribution in [2.45, 2.75) is 75.8 Å². The molecule has 28 heavy (non-hydrogen) atoms. The average Bonchev–Trinajstić information content (AvgIpc) is 3.28. The van der Waals surface area contributed by atoms with E-state index in [-0.39, 0.29) is 23.4 Å². The third-order valence-corrected chi connectivity index (χ3v) is 7.08. The van der Waals surface area contributed by atoms with Crippen LogP contribution in [-0.4, -0.2) is 65.0 Å². The predicted molar refractivity (Wildman–Crippen MR) is 105 cm³/mol. The van der Waals surface area contributed by atoms with Crippen molar-refractivity contribution in [1.82, 2.24) is 20.3 Å². The summed E-state index contributed by atoms with van der Waals surface area (Å²) in [6, 6.07) is 2.08. The van der Waals surface area contributed by atoms with Crippen LogP contribution in [0.1, 0.15) is 80.5 Å². The molecular weight excluding hydrogens is 356 g/mol. The molecule has 0 bridgehead atoms. The summed E-state index contributed by atoms with van der Waals surface area (Å²) in [5.74, 6) is 0.819. The van der Waals surface area contributed by atoms with E-state index < -0.39 is 0 Å². The molecule has 2 saturated heterocycles. The highest BCUT2D eigenvalue weighted by Crippen LogP contribution is 2.38. The molecule has 0 unspecified atom stereocenters. The first-order chi connectivity index (χ1) is 13.5. The van der Waals surface area contributed by atoms with Crippen molar-refractivity contribution >= 4 is 11.8 Å². The number of amides is 2. The SMILES string of the molecule is CC(=O)N[C@@H]1CN(C)C2(CCN(C(=O)c3cc(C4CCCCC4)no3)CC2)C1. The number of rotatable bonds is 3. The van der Waals surface area contributed by atoms with E-state index in [0.29, 0.717) is 11.7 Å². The van der Waals surface area contributed by atoms with E-state index in [9.17, 15) is 9.59 Å². The van der Waals surface area contributed by atoms with Gasteiger partial charge in [0.1, 0.15) is 0 Å². The Bertz CT molecular complexity index is 717. The van der Waals surface area contributed by atoms with Gasteiger partial charge in [0.05, 0.1) is 5.69 Å².